The van der Waals surface area contributed by atoms with Gasteiger partial charge in [0.2, 0.25) is 0 Å². The maximum atomic E-state index is 9.11. The van der Waals surface area contributed by atoms with Crippen molar-refractivity contribution >= 4 is 0 Å². The third kappa shape index (κ3) is 3.26. The van der Waals surface area contributed by atoms with Crippen LogP contribution in [0.5, 0.6) is 0 Å². The molecule has 3 N–H and O–H groups in total. The van der Waals surface area contributed by atoms with Gasteiger partial charge in [-0.05, 0) is 6.92 Å². The monoisotopic (exact) mass is 228 g/mol. The van der Waals surface area contributed by atoms with Crippen molar-refractivity contribution < 1.29 is 10.2 Å². The predicted octanol–water partition coefficient (Wildman–Crippen LogP) is -0.621. The summed E-state index contributed by atoms with van der Waals surface area (Å²) in [5.41, 5.74) is -0.489. The highest BCUT2D eigenvalue weighted by Crippen LogP contribution is 2.12. The molecule has 0 radical (unpaired) electrons. The first-order chi connectivity index (χ1) is 7.65. The molecule has 6 nitrogen and oxygen atoms in total. The number of hydrogen-bond donors (Lipinski definition) is 3. The van der Waals surface area contributed by atoms with E-state index in [1.165, 1.54) is 0 Å². The summed E-state index contributed by atoms with van der Waals surface area (Å²) in [4.78, 5) is 0. The molecule has 0 atom stereocenters. The van der Waals surface area contributed by atoms with Gasteiger partial charge >= 0.3 is 0 Å². The summed E-state index contributed by atoms with van der Waals surface area (Å²) in [5.74, 6) is 0.862. The molecule has 0 unspecified atom stereocenters. The van der Waals surface area contributed by atoms with Crippen molar-refractivity contribution in [1.29, 1.82) is 0 Å². The summed E-state index contributed by atoms with van der Waals surface area (Å²) < 4.78 is 1.95. The van der Waals surface area contributed by atoms with Crippen molar-refractivity contribution in [2.75, 3.05) is 19.8 Å². The van der Waals surface area contributed by atoms with E-state index in [4.69, 9.17) is 10.2 Å². The van der Waals surface area contributed by atoms with E-state index in [1.54, 1.807) is 6.33 Å². The summed E-state index contributed by atoms with van der Waals surface area (Å²) in [6.45, 7) is 5.72. The second kappa shape index (κ2) is 5.93. The Morgan fingerprint density at radius 1 is 1.44 bits per heavy atom. The van der Waals surface area contributed by atoms with Crippen LogP contribution in [0.1, 0.15) is 19.7 Å². The highest BCUT2D eigenvalue weighted by atomic mass is 16.3. The Morgan fingerprint density at radius 2 is 2.12 bits per heavy atom. The molecule has 0 aliphatic rings. The Bertz CT molecular complexity index is 310. The summed E-state index contributed by atoms with van der Waals surface area (Å²) in [5, 5.41) is 29.2. The van der Waals surface area contributed by atoms with Crippen molar-refractivity contribution in [3.63, 3.8) is 0 Å². The van der Waals surface area contributed by atoms with Gasteiger partial charge < -0.3 is 20.1 Å². The van der Waals surface area contributed by atoms with Crippen LogP contribution < -0.4 is 5.32 Å². The Balaban J connectivity index is 2.41. The summed E-state index contributed by atoms with van der Waals surface area (Å²) in [6.07, 6.45) is 1.69. The van der Waals surface area contributed by atoms with E-state index in [-0.39, 0.29) is 13.2 Å². The minimum atomic E-state index is -0.489. The molecule has 0 fully saturated rings. The quantitative estimate of drug-likeness (QED) is 0.579. The Kier molecular flexibility index (Phi) is 4.85. The summed E-state index contributed by atoms with van der Waals surface area (Å²) >= 11 is 0. The zero-order chi connectivity index (χ0) is 12.0. The number of nitrogens with zero attached hydrogens (tertiary/aromatic N) is 3. The highest BCUT2D eigenvalue weighted by Gasteiger charge is 2.21. The van der Waals surface area contributed by atoms with Crippen molar-refractivity contribution in [3.8, 4) is 0 Å². The number of aromatic nitrogens is 3. The fourth-order valence-corrected chi connectivity index (χ4v) is 1.32. The standard InChI is InChI=1S/C10H20N4O2/c1-3-14-8-12-13-9(14)4-11-5-10(2,6-15)7-16/h8,11,15-16H,3-7H2,1-2H3. The van der Waals surface area contributed by atoms with Crippen LogP contribution in [0.2, 0.25) is 0 Å². The average Bonchev–Trinajstić information content (AvgIpc) is 2.76. The zero-order valence-corrected chi connectivity index (χ0v) is 9.85. The van der Waals surface area contributed by atoms with E-state index in [1.807, 2.05) is 18.4 Å². The van der Waals surface area contributed by atoms with E-state index in [2.05, 4.69) is 15.5 Å². The summed E-state index contributed by atoms with van der Waals surface area (Å²) in [6, 6.07) is 0. The Morgan fingerprint density at radius 3 is 2.69 bits per heavy atom. The fraction of sp³-hybridized carbons (Fsp3) is 0.800. The number of aryl methyl sites for hydroxylation is 1. The van der Waals surface area contributed by atoms with Gasteiger partial charge in [0.1, 0.15) is 12.2 Å². The second-order valence-electron chi connectivity index (χ2n) is 4.26. The second-order valence-corrected chi connectivity index (χ2v) is 4.26. The smallest absolute Gasteiger partial charge is 0.146 e. The van der Waals surface area contributed by atoms with Crippen LogP contribution in [0.25, 0.3) is 0 Å². The predicted molar refractivity (Wildman–Crippen MR) is 59.7 cm³/mol. The lowest BCUT2D eigenvalue weighted by atomic mass is 9.93. The molecule has 6 heteroatoms. The number of rotatable bonds is 7. The minimum Gasteiger partial charge on any atom is -0.396 e. The van der Waals surface area contributed by atoms with Gasteiger partial charge in [-0.25, -0.2) is 0 Å². The number of hydrogen-bond acceptors (Lipinski definition) is 5. The van der Waals surface area contributed by atoms with Crippen molar-refractivity contribution in [1.82, 2.24) is 20.1 Å². The number of aliphatic hydroxyl groups excluding tert-OH is 2. The molecule has 1 rings (SSSR count). The van der Waals surface area contributed by atoms with Crippen molar-refractivity contribution in [3.05, 3.63) is 12.2 Å². The van der Waals surface area contributed by atoms with Crippen LogP contribution in [0.3, 0.4) is 0 Å². The van der Waals surface area contributed by atoms with Crippen molar-refractivity contribution in [2.24, 2.45) is 5.41 Å². The van der Waals surface area contributed by atoms with E-state index >= 15 is 0 Å². The lowest BCUT2D eigenvalue weighted by Gasteiger charge is -2.24. The molecular formula is C10H20N4O2. The third-order valence-electron chi connectivity index (χ3n) is 2.63. The van der Waals surface area contributed by atoms with E-state index < -0.39 is 5.41 Å². The normalized spacial score (nSPS) is 12.0. The Hall–Kier alpha value is -0.980. The van der Waals surface area contributed by atoms with Gasteiger partial charge in [-0.2, -0.15) is 0 Å². The molecule has 0 bridgehead atoms. The van der Waals surface area contributed by atoms with Crippen molar-refractivity contribution in [2.45, 2.75) is 26.9 Å². The van der Waals surface area contributed by atoms with Crippen LogP contribution in [-0.2, 0) is 13.1 Å². The fourth-order valence-electron chi connectivity index (χ4n) is 1.32. The first-order valence-corrected chi connectivity index (χ1v) is 5.44. The molecule has 0 aliphatic carbocycles. The van der Waals surface area contributed by atoms with Crippen LogP contribution in [0, 0.1) is 5.41 Å². The minimum absolute atomic E-state index is 0.0447. The molecule has 1 aromatic rings. The van der Waals surface area contributed by atoms with Gasteiger partial charge in [0, 0.05) is 18.5 Å². The van der Waals surface area contributed by atoms with Crippen LogP contribution >= 0.6 is 0 Å². The summed E-state index contributed by atoms with van der Waals surface area (Å²) in [7, 11) is 0. The van der Waals surface area contributed by atoms with E-state index in [0.717, 1.165) is 12.4 Å². The van der Waals surface area contributed by atoms with E-state index in [0.29, 0.717) is 13.1 Å². The molecule has 0 spiro atoms. The Labute approximate surface area is 95.3 Å². The SMILES string of the molecule is CCn1cnnc1CNCC(C)(CO)CO. The van der Waals surface area contributed by atoms with Gasteiger partial charge in [0.25, 0.3) is 0 Å². The largest absolute Gasteiger partial charge is 0.396 e. The third-order valence-corrected chi connectivity index (χ3v) is 2.63. The maximum absolute atomic E-state index is 9.11. The average molecular weight is 228 g/mol. The van der Waals surface area contributed by atoms with Gasteiger partial charge in [-0.1, -0.05) is 6.92 Å². The van der Waals surface area contributed by atoms with Crippen LogP contribution in [0.4, 0.5) is 0 Å². The van der Waals surface area contributed by atoms with Crippen LogP contribution in [-0.4, -0.2) is 44.7 Å². The molecule has 0 aromatic carbocycles. The highest BCUT2D eigenvalue weighted by molar-refractivity contribution is 4.85. The van der Waals surface area contributed by atoms with Gasteiger partial charge in [0.15, 0.2) is 0 Å². The van der Waals surface area contributed by atoms with E-state index in [9.17, 15) is 0 Å². The maximum Gasteiger partial charge on any atom is 0.146 e. The first-order valence-electron chi connectivity index (χ1n) is 5.44. The molecule has 16 heavy (non-hydrogen) atoms. The topological polar surface area (TPSA) is 83.2 Å². The number of aliphatic hydroxyl groups is 2. The zero-order valence-electron chi connectivity index (χ0n) is 9.85. The lowest BCUT2D eigenvalue weighted by molar-refractivity contribution is 0.0693. The lowest BCUT2D eigenvalue weighted by Crippen LogP contribution is -2.38. The molecule has 92 valence electrons. The van der Waals surface area contributed by atoms with Crippen LogP contribution in [0.15, 0.2) is 6.33 Å². The molecule has 0 saturated heterocycles. The van der Waals surface area contributed by atoms with Gasteiger partial charge in [0.05, 0.1) is 19.8 Å². The molecule has 1 aromatic heterocycles. The molecule has 0 saturated carbocycles. The molecule has 0 amide bonds. The van der Waals surface area contributed by atoms with Gasteiger partial charge in [-0.15, -0.1) is 10.2 Å². The molecular weight excluding hydrogens is 208 g/mol. The van der Waals surface area contributed by atoms with Gasteiger partial charge in [-0.3, -0.25) is 0 Å². The first kappa shape index (κ1) is 13.1. The molecule has 1 heterocycles. The molecule has 0 aliphatic heterocycles. The number of nitrogens with one attached hydrogen (secondary N) is 1.